The predicted octanol–water partition coefficient (Wildman–Crippen LogP) is 2.57. The molecule has 0 heterocycles. The van der Waals surface area contributed by atoms with Crippen molar-refractivity contribution in [2.24, 2.45) is 0 Å². The Morgan fingerprint density at radius 1 is 1.54 bits per heavy atom. The molecule has 0 N–H and O–H groups in total. The summed E-state index contributed by atoms with van der Waals surface area (Å²) in [5.41, 5.74) is -0.978. The summed E-state index contributed by atoms with van der Waals surface area (Å²) in [6.07, 6.45) is 0. The third-order valence-corrected chi connectivity index (χ3v) is 1.40. The van der Waals surface area contributed by atoms with Gasteiger partial charge in [0.25, 0.3) is 0 Å². The topological polar surface area (TPSA) is 35.5 Å². The number of halogens is 2. The number of ether oxygens (including phenoxy) is 2. The first-order chi connectivity index (χ1) is 6.13. The summed E-state index contributed by atoms with van der Waals surface area (Å²) in [6.45, 7) is 0. The van der Waals surface area contributed by atoms with Gasteiger partial charge in [0.2, 0.25) is 0 Å². The van der Waals surface area contributed by atoms with E-state index in [4.69, 9.17) is 11.6 Å². The summed E-state index contributed by atoms with van der Waals surface area (Å²) in [5, 5.41) is 0. The molecule has 0 radical (unpaired) electrons. The molecule has 0 aliphatic carbocycles. The molecule has 1 aromatic rings. The Morgan fingerprint density at radius 3 is 2.77 bits per heavy atom. The lowest BCUT2D eigenvalue weighted by atomic mass is 10.3. The maximum Gasteiger partial charge on any atom is 0.409 e. The van der Waals surface area contributed by atoms with Gasteiger partial charge in [0.1, 0.15) is 5.75 Å². The third-order valence-electron chi connectivity index (χ3n) is 1.32. The summed E-state index contributed by atoms with van der Waals surface area (Å²) in [5.74, 6) is -0.398. The van der Waals surface area contributed by atoms with E-state index in [1.807, 2.05) is 0 Å². The fourth-order valence-electron chi connectivity index (χ4n) is 0.796. The van der Waals surface area contributed by atoms with Gasteiger partial charge in [0.05, 0.1) is 7.11 Å². The van der Waals surface area contributed by atoms with Gasteiger partial charge in [-0.05, 0) is 12.1 Å². The second kappa shape index (κ2) is 4.09. The fraction of sp³-hybridized carbons (Fsp3) is 0.125. The molecule has 0 fully saturated rings. The van der Waals surface area contributed by atoms with Crippen LogP contribution >= 0.6 is 11.6 Å². The zero-order chi connectivity index (χ0) is 9.84. The zero-order valence-electron chi connectivity index (χ0n) is 6.71. The Balaban J connectivity index is 2.92. The van der Waals surface area contributed by atoms with E-state index in [2.05, 4.69) is 9.47 Å². The van der Waals surface area contributed by atoms with Crippen molar-refractivity contribution in [1.29, 1.82) is 0 Å². The summed E-state index contributed by atoms with van der Waals surface area (Å²) >= 11 is 4.95. The number of methoxy groups -OCH3 is 1. The van der Waals surface area contributed by atoms with Crippen molar-refractivity contribution < 1.29 is 18.7 Å². The molecule has 5 heteroatoms. The van der Waals surface area contributed by atoms with E-state index in [9.17, 15) is 9.18 Å². The molecule has 0 aliphatic rings. The van der Waals surface area contributed by atoms with E-state index in [-0.39, 0.29) is 11.5 Å². The standard InChI is InChI=1S/C8H6ClFO3/c1-12-7-4-5(13-8(9)11)2-3-6(7)10/h2-4H,1H3. The van der Waals surface area contributed by atoms with Gasteiger partial charge >= 0.3 is 5.43 Å². The summed E-state index contributed by atoms with van der Waals surface area (Å²) in [4.78, 5) is 10.3. The number of carbonyl (C=O) groups excluding carboxylic acids is 1. The number of hydrogen-bond acceptors (Lipinski definition) is 3. The van der Waals surface area contributed by atoms with Crippen LogP contribution in [0.2, 0.25) is 0 Å². The van der Waals surface area contributed by atoms with Crippen LogP contribution in [-0.4, -0.2) is 12.5 Å². The first-order valence-corrected chi connectivity index (χ1v) is 3.72. The van der Waals surface area contributed by atoms with Crippen molar-refractivity contribution in [1.82, 2.24) is 0 Å². The lowest BCUT2D eigenvalue weighted by Gasteiger charge is -2.03. The van der Waals surface area contributed by atoms with E-state index in [0.29, 0.717) is 0 Å². The molecule has 0 spiro atoms. The monoisotopic (exact) mass is 204 g/mol. The molecule has 0 atom stereocenters. The van der Waals surface area contributed by atoms with Crippen molar-refractivity contribution in [2.75, 3.05) is 7.11 Å². The Labute approximate surface area is 79.0 Å². The van der Waals surface area contributed by atoms with Gasteiger partial charge in [0, 0.05) is 17.7 Å². The molecule has 70 valence electrons. The summed E-state index contributed by atoms with van der Waals surface area (Å²) in [6, 6.07) is 3.63. The molecule has 0 aliphatic heterocycles. The van der Waals surface area contributed by atoms with Crippen LogP contribution in [0.3, 0.4) is 0 Å². The Bertz CT molecular complexity index is 327. The van der Waals surface area contributed by atoms with E-state index in [1.165, 1.54) is 19.2 Å². The van der Waals surface area contributed by atoms with Crippen LogP contribution < -0.4 is 9.47 Å². The van der Waals surface area contributed by atoms with Gasteiger partial charge < -0.3 is 9.47 Å². The van der Waals surface area contributed by atoms with Crippen molar-refractivity contribution >= 4 is 17.0 Å². The highest BCUT2D eigenvalue weighted by molar-refractivity contribution is 6.61. The van der Waals surface area contributed by atoms with Crippen LogP contribution in [-0.2, 0) is 0 Å². The molecule has 0 aromatic heterocycles. The predicted molar refractivity (Wildman–Crippen MR) is 44.8 cm³/mol. The van der Waals surface area contributed by atoms with Crippen LogP contribution in [0.5, 0.6) is 11.5 Å². The molecule has 0 saturated heterocycles. The molecular weight excluding hydrogens is 199 g/mol. The Morgan fingerprint density at radius 2 is 2.23 bits per heavy atom. The van der Waals surface area contributed by atoms with Crippen molar-refractivity contribution in [3.05, 3.63) is 24.0 Å². The second-order valence-electron chi connectivity index (χ2n) is 2.14. The third kappa shape index (κ3) is 2.59. The molecule has 3 nitrogen and oxygen atoms in total. The molecule has 1 rings (SSSR count). The highest BCUT2D eigenvalue weighted by Gasteiger charge is 2.06. The smallest absolute Gasteiger partial charge is 0.409 e. The minimum atomic E-state index is -0.978. The van der Waals surface area contributed by atoms with E-state index in [0.717, 1.165) is 6.07 Å². The molecule has 1 aromatic carbocycles. The molecule has 0 bridgehead atoms. The molecule has 13 heavy (non-hydrogen) atoms. The van der Waals surface area contributed by atoms with Crippen LogP contribution in [0, 0.1) is 5.82 Å². The quantitative estimate of drug-likeness (QED) is 0.695. The van der Waals surface area contributed by atoms with Gasteiger partial charge in [-0.25, -0.2) is 9.18 Å². The van der Waals surface area contributed by atoms with Gasteiger partial charge in [0.15, 0.2) is 11.6 Å². The highest BCUT2D eigenvalue weighted by atomic mass is 35.5. The normalized spacial score (nSPS) is 9.46. The van der Waals surface area contributed by atoms with E-state index < -0.39 is 11.2 Å². The first-order valence-electron chi connectivity index (χ1n) is 3.34. The fourth-order valence-corrected chi connectivity index (χ4v) is 0.885. The highest BCUT2D eigenvalue weighted by Crippen LogP contribution is 2.23. The zero-order valence-corrected chi connectivity index (χ0v) is 7.47. The van der Waals surface area contributed by atoms with Crippen LogP contribution in [0.4, 0.5) is 9.18 Å². The van der Waals surface area contributed by atoms with Gasteiger partial charge in [-0.3, -0.25) is 0 Å². The number of carbonyl (C=O) groups is 1. The maximum atomic E-state index is 12.8. The summed E-state index contributed by atoms with van der Waals surface area (Å²) < 4.78 is 22.0. The molecule has 0 amide bonds. The summed E-state index contributed by atoms with van der Waals surface area (Å²) in [7, 11) is 1.31. The maximum absolute atomic E-state index is 12.8. The number of hydrogen-bond donors (Lipinski definition) is 0. The first kappa shape index (κ1) is 9.80. The molecule has 0 saturated carbocycles. The van der Waals surface area contributed by atoms with Crippen molar-refractivity contribution in [3.8, 4) is 11.5 Å². The van der Waals surface area contributed by atoms with E-state index in [1.54, 1.807) is 0 Å². The average Bonchev–Trinajstić information content (AvgIpc) is 2.07. The number of benzene rings is 1. The van der Waals surface area contributed by atoms with E-state index >= 15 is 0 Å². The van der Waals surface area contributed by atoms with Crippen LogP contribution in [0.15, 0.2) is 18.2 Å². The Hall–Kier alpha value is -1.29. The lowest BCUT2D eigenvalue weighted by Crippen LogP contribution is -1.97. The van der Waals surface area contributed by atoms with Gasteiger partial charge in [-0.1, -0.05) is 0 Å². The second-order valence-corrected chi connectivity index (χ2v) is 2.44. The lowest BCUT2D eigenvalue weighted by molar-refractivity contribution is 0.225. The van der Waals surface area contributed by atoms with Crippen molar-refractivity contribution in [2.45, 2.75) is 0 Å². The minimum Gasteiger partial charge on any atom is -0.494 e. The van der Waals surface area contributed by atoms with Crippen LogP contribution in [0.25, 0.3) is 0 Å². The largest absolute Gasteiger partial charge is 0.494 e. The van der Waals surface area contributed by atoms with Crippen molar-refractivity contribution in [3.63, 3.8) is 0 Å². The molecule has 0 unspecified atom stereocenters. The SMILES string of the molecule is COc1cc(OC(=O)Cl)ccc1F. The molecular formula is C8H6ClFO3. The number of rotatable bonds is 2. The average molecular weight is 205 g/mol. The van der Waals surface area contributed by atoms with Crippen LogP contribution in [0.1, 0.15) is 0 Å². The Kier molecular flexibility index (Phi) is 3.08. The van der Waals surface area contributed by atoms with Gasteiger partial charge in [-0.2, -0.15) is 0 Å². The van der Waals surface area contributed by atoms with Gasteiger partial charge in [-0.15, -0.1) is 0 Å². The minimum absolute atomic E-state index is 0.00424.